The predicted octanol–water partition coefficient (Wildman–Crippen LogP) is 3.20. The van der Waals surface area contributed by atoms with Crippen LogP contribution in [0, 0.1) is 0 Å². The minimum atomic E-state index is -1.08. The highest BCUT2D eigenvalue weighted by Crippen LogP contribution is 2.31. The lowest BCUT2D eigenvalue weighted by Crippen LogP contribution is -2.07. The molecule has 0 bridgehead atoms. The van der Waals surface area contributed by atoms with Crippen LogP contribution in [0.3, 0.4) is 0 Å². The number of hydrogen-bond acceptors (Lipinski definition) is 7. The van der Waals surface area contributed by atoms with Gasteiger partial charge in [0.25, 0.3) is 0 Å². The van der Waals surface area contributed by atoms with Crippen molar-refractivity contribution < 1.29 is 24.9 Å². The Kier molecular flexibility index (Phi) is 8.21. The highest BCUT2D eigenvalue weighted by atomic mass is 16.4. The molecule has 0 unspecified atom stereocenters. The SMILES string of the molecule is CN(C)c1ccc(N=Nc2ccccn2)c(O)c1.O=C(O)CCC(=O)O. The summed E-state index contributed by atoms with van der Waals surface area (Å²) in [5, 5.41) is 33.5. The first kappa shape index (κ1) is 20.6. The van der Waals surface area contributed by atoms with Gasteiger partial charge in [-0.05, 0) is 24.3 Å². The lowest BCUT2D eigenvalue weighted by molar-refractivity contribution is -0.143. The molecule has 0 saturated carbocycles. The number of phenols is 1. The summed E-state index contributed by atoms with van der Waals surface area (Å²) in [4.78, 5) is 25.2. The Morgan fingerprint density at radius 3 is 2.15 bits per heavy atom. The smallest absolute Gasteiger partial charge is 0.303 e. The highest BCUT2D eigenvalue weighted by molar-refractivity contribution is 5.75. The number of carbonyl (C=O) groups is 2. The number of phenolic OH excluding ortho intramolecular Hbond substituents is 1. The second kappa shape index (κ2) is 10.4. The lowest BCUT2D eigenvalue weighted by Gasteiger charge is -2.12. The van der Waals surface area contributed by atoms with Crippen molar-refractivity contribution in [3.63, 3.8) is 0 Å². The Balaban J connectivity index is 0.000000359. The summed E-state index contributed by atoms with van der Waals surface area (Å²) in [5.74, 6) is -1.55. The molecule has 9 nitrogen and oxygen atoms in total. The van der Waals surface area contributed by atoms with Gasteiger partial charge in [-0.3, -0.25) is 9.59 Å². The Bertz CT molecular complexity index is 749. The first-order valence-electron chi connectivity index (χ1n) is 7.56. The number of rotatable bonds is 6. The van der Waals surface area contributed by atoms with Crippen LogP contribution in [0.5, 0.6) is 5.75 Å². The molecule has 0 atom stereocenters. The molecule has 1 aromatic heterocycles. The molecule has 9 heteroatoms. The molecular formula is C17H20N4O5. The van der Waals surface area contributed by atoms with E-state index in [1.807, 2.05) is 37.2 Å². The standard InChI is InChI=1S/C13H14N4O.C4H6O4/c1-17(2)10-6-7-11(12(18)9-10)15-16-13-5-3-4-8-14-13;5-3(6)1-2-4(7)8/h3-9,18H,1-2H3;1-2H2,(H,5,6)(H,7,8). The summed E-state index contributed by atoms with van der Waals surface area (Å²) in [6.07, 6.45) is 1.05. The molecular weight excluding hydrogens is 340 g/mol. The third-order valence-electron chi connectivity index (χ3n) is 2.94. The number of aromatic hydroxyl groups is 1. The summed E-state index contributed by atoms with van der Waals surface area (Å²) >= 11 is 0. The number of aliphatic carboxylic acids is 2. The van der Waals surface area contributed by atoms with Crippen molar-refractivity contribution in [2.45, 2.75) is 12.8 Å². The molecule has 2 rings (SSSR count). The van der Waals surface area contributed by atoms with Gasteiger partial charge in [0.1, 0.15) is 11.4 Å². The van der Waals surface area contributed by atoms with Crippen LogP contribution in [0.25, 0.3) is 0 Å². The van der Waals surface area contributed by atoms with Crippen LogP contribution in [-0.2, 0) is 9.59 Å². The van der Waals surface area contributed by atoms with E-state index in [1.165, 1.54) is 0 Å². The maximum atomic E-state index is 9.82. The van der Waals surface area contributed by atoms with Gasteiger partial charge in [-0.25, -0.2) is 4.98 Å². The van der Waals surface area contributed by atoms with Crippen LogP contribution in [0.4, 0.5) is 17.2 Å². The molecule has 0 saturated heterocycles. The van der Waals surface area contributed by atoms with Gasteiger partial charge < -0.3 is 20.2 Å². The van der Waals surface area contributed by atoms with Crippen LogP contribution in [0.1, 0.15) is 12.8 Å². The van der Waals surface area contributed by atoms with Gasteiger partial charge in [0.2, 0.25) is 0 Å². The van der Waals surface area contributed by atoms with Crippen LogP contribution >= 0.6 is 0 Å². The zero-order valence-corrected chi connectivity index (χ0v) is 14.4. The predicted molar refractivity (Wildman–Crippen MR) is 95.4 cm³/mol. The highest BCUT2D eigenvalue weighted by Gasteiger charge is 2.03. The zero-order chi connectivity index (χ0) is 19.5. The van der Waals surface area contributed by atoms with Crippen molar-refractivity contribution in [3.8, 4) is 5.75 Å². The Labute approximate surface area is 150 Å². The minimum absolute atomic E-state index is 0.0980. The number of anilines is 1. The van der Waals surface area contributed by atoms with E-state index in [0.29, 0.717) is 11.5 Å². The second-order valence-corrected chi connectivity index (χ2v) is 5.24. The number of aromatic nitrogens is 1. The number of pyridine rings is 1. The van der Waals surface area contributed by atoms with Gasteiger partial charge in [-0.15, -0.1) is 10.2 Å². The molecule has 2 aromatic rings. The average molecular weight is 360 g/mol. The van der Waals surface area contributed by atoms with Crippen LogP contribution in [0.15, 0.2) is 52.8 Å². The molecule has 0 spiro atoms. The fourth-order valence-corrected chi connectivity index (χ4v) is 1.61. The third kappa shape index (κ3) is 7.86. The lowest BCUT2D eigenvalue weighted by atomic mass is 10.2. The van der Waals surface area contributed by atoms with Crippen molar-refractivity contribution in [2.75, 3.05) is 19.0 Å². The van der Waals surface area contributed by atoms with Gasteiger partial charge in [-0.2, -0.15) is 0 Å². The summed E-state index contributed by atoms with van der Waals surface area (Å²) < 4.78 is 0. The first-order chi connectivity index (χ1) is 12.3. The number of hydrogen-bond donors (Lipinski definition) is 3. The van der Waals surface area contributed by atoms with E-state index in [0.717, 1.165) is 5.69 Å². The topological polar surface area (TPSA) is 136 Å². The molecule has 1 heterocycles. The molecule has 0 aliphatic carbocycles. The Morgan fingerprint density at radius 1 is 1.04 bits per heavy atom. The number of azo groups is 1. The Morgan fingerprint density at radius 2 is 1.69 bits per heavy atom. The van der Waals surface area contributed by atoms with E-state index >= 15 is 0 Å². The summed E-state index contributed by atoms with van der Waals surface area (Å²) in [6, 6.07) is 10.6. The van der Waals surface area contributed by atoms with Crippen LogP contribution in [-0.4, -0.2) is 46.3 Å². The number of carboxylic acids is 2. The molecule has 0 aliphatic rings. The van der Waals surface area contributed by atoms with E-state index < -0.39 is 11.9 Å². The molecule has 0 radical (unpaired) electrons. The van der Waals surface area contributed by atoms with E-state index in [9.17, 15) is 14.7 Å². The fraction of sp³-hybridized carbons (Fsp3) is 0.235. The van der Waals surface area contributed by atoms with Crippen molar-refractivity contribution in [1.29, 1.82) is 0 Å². The van der Waals surface area contributed by atoms with E-state index in [4.69, 9.17) is 10.2 Å². The minimum Gasteiger partial charge on any atom is -0.506 e. The largest absolute Gasteiger partial charge is 0.506 e. The summed E-state index contributed by atoms with van der Waals surface area (Å²) in [5.41, 5.74) is 1.33. The molecule has 138 valence electrons. The first-order valence-corrected chi connectivity index (χ1v) is 7.56. The van der Waals surface area contributed by atoms with Gasteiger partial charge in [0, 0.05) is 32.0 Å². The van der Waals surface area contributed by atoms with Gasteiger partial charge in [0.05, 0.1) is 12.8 Å². The quantitative estimate of drug-likeness (QED) is 0.673. The van der Waals surface area contributed by atoms with Gasteiger partial charge in [0.15, 0.2) is 5.82 Å². The van der Waals surface area contributed by atoms with E-state index in [2.05, 4.69) is 15.2 Å². The van der Waals surface area contributed by atoms with Crippen molar-refractivity contribution in [1.82, 2.24) is 4.98 Å². The van der Waals surface area contributed by atoms with Crippen molar-refractivity contribution in [3.05, 3.63) is 42.6 Å². The maximum absolute atomic E-state index is 9.82. The normalized spacial score (nSPS) is 10.1. The molecule has 0 amide bonds. The van der Waals surface area contributed by atoms with Crippen molar-refractivity contribution in [2.24, 2.45) is 10.2 Å². The van der Waals surface area contributed by atoms with Crippen molar-refractivity contribution >= 4 is 29.1 Å². The number of benzene rings is 1. The average Bonchev–Trinajstić information content (AvgIpc) is 2.60. The number of nitrogens with zero attached hydrogens (tertiary/aromatic N) is 4. The second-order valence-electron chi connectivity index (χ2n) is 5.24. The molecule has 26 heavy (non-hydrogen) atoms. The summed E-state index contributed by atoms with van der Waals surface area (Å²) in [6.45, 7) is 0. The number of carboxylic acid groups (broad SMARTS) is 2. The molecule has 0 fully saturated rings. The zero-order valence-electron chi connectivity index (χ0n) is 14.4. The molecule has 1 aromatic carbocycles. The van der Waals surface area contributed by atoms with Gasteiger partial charge in [-0.1, -0.05) is 6.07 Å². The van der Waals surface area contributed by atoms with Crippen LogP contribution in [0.2, 0.25) is 0 Å². The van der Waals surface area contributed by atoms with Gasteiger partial charge >= 0.3 is 11.9 Å². The molecule has 3 N–H and O–H groups in total. The maximum Gasteiger partial charge on any atom is 0.303 e. The molecule has 0 aliphatic heterocycles. The Hall–Kier alpha value is -3.49. The van der Waals surface area contributed by atoms with E-state index in [-0.39, 0.29) is 18.6 Å². The van der Waals surface area contributed by atoms with Crippen LogP contribution < -0.4 is 4.90 Å². The monoisotopic (exact) mass is 360 g/mol. The summed E-state index contributed by atoms with van der Waals surface area (Å²) in [7, 11) is 3.81. The fourth-order valence-electron chi connectivity index (χ4n) is 1.61. The van der Waals surface area contributed by atoms with E-state index in [1.54, 1.807) is 24.4 Å². The third-order valence-corrected chi connectivity index (χ3v) is 2.94.